The van der Waals surface area contributed by atoms with Gasteiger partial charge >= 0.3 is 0 Å². The van der Waals surface area contributed by atoms with Gasteiger partial charge in [0.25, 0.3) is 0 Å². The average Bonchev–Trinajstić information content (AvgIpc) is 2.63. The molecule has 2 aromatic heterocycles. The first kappa shape index (κ1) is 16.0. The molecule has 2 heterocycles. The lowest BCUT2D eigenvalue weighted by Gasteiger charge is -2.26. The fraction of sp³-hybridized carbons (Fsp3) is 0.304. The standard InChI is InChI=1S/C23H24N2/c1-16-12-24-14-20-9-8-18(11-22(16)20)10-21-15-25-13-17(2)23(21)19-6-4-3-5-7-19/h3-7,12-15,18H,8-11H2,1-2H3. The van der Waals surface area contributed by atoms with Gasteiger partial charge in [0.15, 0.2) is 0 Å². The number of rotatable bonds is 3. The minimum Gasteiger partial charge on any atom is -0.264 e. The van der Waals surface area contributed by atoms with Crippen LogP contribution in [0.1, 0.15) is 34.2 Å². The molecular formula is C23H24N2. The Balaban J connectivity index is 1.64. The van der Waals surface area contributed by atoms with E-state index in [1.807, 2.05) is 12.4 Å². The van der Waals surface area contributed by atoms with Crippen LogP contribution in [0.25, 0.3) is 11.1 Å². The smallest absolute Gasteiger partial charge is 0.0306 e. The molecule has 0 saturated carbocycles. The van der Waals surface area contributed by atoms with Gasteiger partial charge in [0.05, 0.1) is 0 Å². The van der Waals surface area contributed by atoms with Crippen LogP contribution < -0.4 is 0 Å². The van der Waals surface area contributed by atoms with Crippen molar-refractivity contribution in [3.05, 3.63) is 82.9 Å². The largest absolute Gasteiger partial charge is 0.264 e. The van der Waals surface area contributed by atoms with E-state index in [0.717, 1.165) is 19.3 Å². The van der Waals surface area contributed by atoms with Crippen molar-refractivity contribution in [1.29, 1.82) is 0 Å². The first-order valence-corrected chi connectivity index (χ1v) is 9.13. The lowest BCUT2D eigenvalue weighted by Crippen LogP contribution is -2.18. The molecule has 126 valence electrons. The van der Waals surface area contributed by atoms with Crippen LogP contribution in [0.2, 0.25) is 0 Å². The molecule has 3 aromatic rings. The van der Waals surface area contributed by atoms with E-state index in [4.69, 9.17) is 0 Å². The summed E-state index contributed by atoms with van der Waals surface area (Å²) in [6.07, 6.45) is 12.8. The van der Waals surface area contributed by atoms with Crippen molar-refractivity contribution >= 4 is 0 Å². The predicted octanol–water partition coefficient (Wildman–Crippen LogP) is 5.11. The molecule has 0 fully saturated rings. The Hall–Kier alpha value is -2.48. The van der Waals surface area contributed by atoms with Crippen molar-refractivity contribution in [3.8, 4) is 11.1 Å². The van der Waals surface area contributed by atoms with E-state index in [-0.39, 0.29) is 0 Å². The minimum atomic E-state index is 0.680. The summed E-state index contributed by atoms with van der Waals surface area (Å²) in [5, 5.41) is 0. The predicted molar refractivity (Wildman–Crippen MR) is 103 cm³/mol. The molecule has 0 amide bonds. The van der Waals surface area contributed by atoms with E-state index >= 15 is 0 Å². The zero-order valence-corrected chi connectivity index (χ0v) is 15.0. The molecule has 0 spiro atoms. The zero-order chi connectivity index (χ0) is 17.2. The molecule has 1 aliphatic rings. The van der Waals surface area contributed by atoms with Crippen molar-refractivity contribution in [3.63, 3.8) is 0 Å². The molecule has 1 unspecified atom stereocenters. The van der Waals surface area contributed by atoms with Gasteiger partial charge in [-0.05, 0) is 84.4 Å². The average molecular weight is 328 g/mol. The SMILES string of the molecule is Cc1cncc2c1CC(Cc1cncc(C)c1-c1ccccc1)CC2. The number of benzene rings is 1. The summed E-state index contributed by atoms with van der Waals surface area (Å²) in [4.78, 5) is 8.85. The highest BCUT2D eigenvalue weighted by atomic mass is 14.6. The van der Waals surface area contributed by atoms with Gasteiger partial charge in [0.1, 0.15) is 0 Å². The topological polar surface area (TPSA) is 25.8 Å². The Morgan fingerprint density at radius 2 is 1.68 bits per heavy atom. The van der Waals surface area contributed by atoms with Gasteiger partial charge in [-0.15, -0.1) is 0 Å². The number of aryl methyl sites for hydroxylation is 3. The van der Waals surface area contributed by atoms with Crippen LogP contribution in [0.15, 0.2) is 55.1 Å². The van der Waals surface area contributed by atoms with Gasteiger partial charge in [-0.2, -0.15) is 0 Å². The van der Waals surface area contributed by atoms with Gasteiger partial charge in [-0.25, -0.2) is 0 Å². The summed E-state index contributed by atoms with van der Waals surface area (Å²) < 4.78 is 0. The van der Waals surface area contributed by atoms with Crippen LogP contribution in [0.5, 0.6) is 0 Å². The van der Waals surface area contributed by atoms with Gasteiger partial charge in [0, 0.05) is 24.8 Å². The molecule has 0 bridgehead atoms. The van der Waals surface area contributed by atoms with Gasteiger partial charge in [0.2, 0.25) is 0 Å². The number of hydrogen-bond acceptors (Lipinski definition) is 2. The molecule has 25 heavy (non-hydrogen) atoms. The fourth-order valence-corrected chi connectivity index (χ4v) is 4.19. The highest BCUT2D eigenvalue weighted by molar-refractivity contribution is 5.70. The quantitative estimate of drug-likeness (QED) is 0.668. The molecule has 2 heteroatoms. The van der Waals surface area contributed by atoms with Crippen molar-refractivity contribution in [2.75, 3.05) is 0 Å². The number of pyridine rings is 2. The fourth-order valence-electron chi connectivity index (χ4n) is 4.19. The van der Waals surface area contributed by atoms with Gasteiger partial charge in [-0.1, -0.05) is 30.3 Å². The third-order valence-corrected chi connectivity index (χ3v) is 5.46. The second-order valence-electron chi connectivity index (χ2n) is 7.26. The number of hydrogen-bond donors (Lipinski definition) is 0. The highest BCUT2D eigenvalue weighted by Crippen LogP contribution is 2.33. The number of aromatic nitrogens is 2. The Kier molecular flexibility index (Phi) is 4.35. The molecule has 0 N–H and O–H groups in total. The van der Waals surface area contributed by atoms with Crippen molar-refractivity contribution in [2.24, 2.45) is 5.92 Å². The van der Waals surface area contributed by atoms with Crippen molar-refractivity contribution in [2.45, 2.75) is 39.5 Å². The third kappa shape index (κ3) is 3.21. The second kappa shape index (κ2) is 6.79. The molecule has 1 atom stereocenters. The maximum atomic E-state index is 4.49. The minimum absolute atomic E-state index is 0.680. The zero-order valence-electron chi connectivity index (χ0n) is 15.0. The Morgan fingerprint density at radius 3 is 2.52 bits per heavy atom. The Bertz CT molecular complexity index is 884. The number of nitrogens with zero attached hydrogens (tertiary/aromatic N) is 2. The van der Waals surface area contributed by atoms with Gasteiger partial charge in [-0.3, -0.25) is 9.97 Å². The second-order valence-corrected chi connectivity index (χ2v) is 7.26. The molecule has 1 aromatic carbocycles. The molecular weight excluding hydrogens is 304 g/mol. The molecule has 2 nitrogen and oxygen atoms in total. The van der Waals surface area contributed by atoms with Crippen LogP contribution in [-0.2, 0) is 19.3 Å². The lowest BCUT2D eigenvalue weighted by atomic mass is 9.79. The van der Waals surface area contributed by atoms with E-state index in [2.05, 4.69) is 66.5 Å². The summed E-state index contributed by atoms with van der Waals surface area (Å²) >= 11 is 0. The summed E-state index contributed by atoms with van der Waals surface area (Å²) in [5.41, 5.74) is 9.62. The van der Waals surface area contributed by atoms with Crippen LogP contribution in [-0.4, -0.2) is 9.97 Å². The normalized spacial score (nSPS) is 16.5. The molecule has 0 aliphatic heterocycles. The molecule has 4 rings (SSSR count). The summed E-state index contributed by atoms with van der Waals surface area (Å²) in [6, 6.07) is 10.7. The summed E-state index contributed by atoms with van der Waals surface area (Å²) in [5.74, 6) is 0.680. The molecule has 0 radical (unpaired) electrons. The summed E-state index contributed by atoms with van der Waals surface area (Å²) in [7, 11) is 0. The van der Waals surface area contributed by atoms with E-state index in [1.54, 1.807) is 0 Å². The summed E-state index contributed by atoms with van der Waals surface area (Å²) in [6.45, 7) is 4.36. The third-order valence-electron chi connectivity index (χ3n) is 5.46. The van der Waals surface area contributed by atoms with Gasteiger partial charge < -0.3 is 0 Å². The maximum absolute atomic E-state index is 4.49. The molecule has 0 saturated heterocycles. The van der Waals surface area contributed by atoms with E-state index in [1.165, 1.54) is 45.4 Å². The van der Waals surface area contributed by atoms with Crippen LogP contribution in [0, 0.1) is 19.8 Å². The van der Waals surface area contributed by atoms with Crippen LogP contribution in [0.3, 0.4) is 0 Å². The Morgan fingerprint density at radius 1 is 0.920 bits per heavy atom. The maximum Gasteiger partial charge on any atom is 0.0306 e. The molecule has 1 aliphatic carbocycles. The lowest BCUT2D eigenvalue weighted by molar-refractivity contribution is 0.453. The first-order valence-electron chi connectivity index (χ1n) is 9.13. The highest BCUT2D eigenvalue weighted by Gasteiger charge is 2.22. The monoisotopic (exact) mass is 328 g/mol. The van der Waals surface area contributed by atoms with Crippen LogP contribution >= 0.6 is 0 Å². The van der Waals surface area contributed by atoms with E-state index < -0.39 is 0 Å². The van der Waals surface area contributed by atoms with E-state index in [0.29, 0.717) is 5.92 Å². The first-order chi connectivity index (χ1) is 12.2. The van der Waals surface area contributed by atoms with Crippen molar-refractivity contribution in [1.82, 2.24) is 9.97 Å². The van der Waals surface area contributed by atoms with E-state index in [9.17, 15) is 0 Å². The van der Waals surface area contributed by atoms with Crippen LogP contribution in [0.4, 0.5) is 0 Å². The number of fused-ring (bicyclic) bond motifs is 1. The Labute approximate surface area is 150 Å². The van der Waals surface area contributed by atoms with Crippen molar-refractivity contribution < 1.29 is 0 Å².